The van der Waals surface area contributed by atoms with Crippen molar-refractivity contribution in [3.05, 3.63) is 40.4 Å². The first-order valence-corrected chi connectivity index (χ1v) is 5.62. The Morgan fingerprint density at radius 1 is 1.33 bits per heavy atom. The van der Waals surface area contributed by atoms with Gasteiger partial charge in [-0.3, -0.25) is 9.59 Å². The number of nitrogens with one attached hydrogen (secondary N) is 2. The summed E-state index contributed by atoms with van der Waals surface area (Å²) in [6.45, 7) is 1.01. The maximum Gasteiger partial charge on any atom is 0.258 e. The van der Waals surface area contributed by atoms with Crippen molar-refractivity contribution in [3.8, 4) is 0 Å². The fourth-order valence-electron chi connectivity index (χ4n) is 2.02. The first-order valence-electron chi connectivity index (χ1n) is 5.62. The predicted molar refractivity (Wildman–Crippen MR) is 64.1 cm³/mol. The average molecular weight is 245 g/mol. The first-order chi connectivity index (χ1) is 8.75. The summed E-state index contributed by atoms with van der Waals surface area (Å²) in [6.07, 6.45) is 0.722. The number of fused-ring (bicyclic) bond motifs is 1. The summed E-state index contributed by atoms with van der Waals surface area (Å²) in [5, 5.41) is 3.24. The van der Waals surface area contributed by atoms with E-state index in [9.17, 15) is 9.59 Å². The van der Waals surface area contributed by atoms with Gasteiger partial charge in [-0.25, -0.2) is 4.98 Å². The molecule has 0 radical (unpaired) electrons. The normalized spacial score (nSPS) is 19.8. The van der Waals surface area contributed by atoms with Crippen LogP contribution in [0.5, 0.6) is 0 Å². The fourth-order valence-corrected chi connectivity index (χ4v) is 2.02. The Bertz CT molecular complexity index is 665. The van der Waals surface area contributed by atoms with E-state index in [4.69, 9.17) is 4.74 Å². The second-order valence-corrected chi connectivity index (χ2v) is 4.05. The monoisotopic (exact) mass is 245 g/mol. The number of aromatic nitrogens is 2. The molecule has 18 heavy (non-hydrogen) atoms. The van der Waals surface area contributed by atoms with Gasteiger partial charge in [-0.2, -0.15) is 0 Å². The Hall–Kier alpha value is -2.21. The molecule has 6 nitrogen and oxygen atoms in total. The van der Waals surface area contributed by atoms with E-state index in [0.717, 1.165) is 0 Å². The fraction of sp³-hybridized carbons (Fsp3) is 0.250. The number of morpholine rings is 1. The average Bonchev–Trinajstić information content (AvgIpc) is 2.39. The third kappa shape index (κ3) is 1.76. The molecule has 1 aliphatic heterocycles. The lowest BCUT2D eigenvalue weighted by atomic mass is 10.1. The Balaban J connectivity index is 2.08. The molecule has 1 aliphatic rings. The van der Waals surface area contributed by atoms with Crippen LogP contribution in [0.25, 0.3) is 10.9 Å². The van der Waals surface area contributed by atoms with Crippen molar-refractivity contribution in [2.45, 2.75) is 6.10 Å². The molecule has 2 heterocycles. The maximum atomic E-state index is 11.7. The summed E-state index contributed by atoms with van der Waals surface area (Å²) >= 11 is 0. The number of rotatable bonds is 1. The summed E-state index contributed by atoms with van der Waals surface area (Å²) < 4.78 is 5.43. The topological polar surface area (TPSA) is 84.1 Å². The molecule has 1 aromatic carbocycles. The van der Waals surface area contributed by atoms with Crippen LogP contribution < -0.4 is 10.9 Å². The summed E-state index contributed by atoms with van der Waals surface area (Å²) in [5.41, 5.74) is 1.07. The highest BCUT2D eigenvalue weighted by Crippen LogP contribution is 2.22. The van der Waals surface area contributed by atoms with E-state index in [1.165, 1.54) is 6.33 Å². The van der Waals surface area contributed by atoms with Gasteiger partial charge < -0.3 is 15.0 Å². The first kappa shape index (κ1) is 10.9. The molecule has 1 amide bonds. The van der Waals surface area contributed by atoms with Crippen molar-refractivity contribution in [3.63, 3.8) is 0 Å². The number of aromatic amines is 1. The molecule has 2 N–H and O–H groups in total. The number of benzene rings is 1. The number of H-pyrrole nitrogens is 1. The summed E-state index contributed by atoms with van der Waals surface area (Å²) in [4.78, 5) is 29.8. The zero-order valence-electron chi connectivity index (χ0n) is 9.47. The van der Waals surface area contributed by atoms with Crippen LogP contribution in [0.1, 0.15) is 11.7 Å². The van der Waals surface area contributed by atoms with Crippen molar-refractivity contribution in [1.82, 2.24) is 15.3 Å². The number of amides is 1. The highest BCUT2D eigenvalue weighted by molar-refractivity contribution is 5.85. The van der Waals surface area contributed by atoms with Gasteiger partial charge in [-0.15, -0.1) is 0 Å². The Morgan fingerprint density at radius 3 is 3.06 bits per heavy atom. The van der Waals surface area contributed by atoms with Crippen LogP contribution in [0, 0.1) is 0 Å². The third-order valence-electron chi connectivity index (χ3n) is 2.89. The van der Waals surface area contributed by atoms with E-state index >= 15 is 0 Å². The molecule has 0 spiro atoms. The van der Waals surface area contributed by atoms with Gasteiger partial charge in [0.15, 0.2) is 6.10 Å². The van der Waals surface area contributed by atoms with Crippen molar-refractivity contribution in [2.24, 2.45) is 0 Å². The van der Waals surface area contributed by atoms with Crippen LogP contribution in [0.3, 0.4) is 0 Å². The van der Waals surface area contributed by atoms with E-state index in [0.29, 0.717) is 29.6 Å². The number of hydrogen-bond donors (Lipinski definition) is 2. The molecule has 1 aromatic heterocycles. The lowest BCUT2D eigenvalue weighted by Crippen LogP contribution is -2.39. The Kier molecular flexibility index (Phi) is 2.56. The third-order valence-corrected chi connectivity index (χ3v) is 2.89. The van der Waals surface area contributed by atoms with Crippen molar-refractivity contribution in [1.29, 1.82) is 0 Å². The molecule has 0 bridgehead atoms. The van der Waals surface area contributed by atoms with Crippen molar-refractivity contribution < 1.29 is 9.53 Å². The molecule has 6 heteroatoms. The van der Waals surface area contributed by atoms with Crippen molar-refractivity contribution >= 4 is 16.8 Å². The lowest BCUT2D eigenvalue weighted by Gasteiger charge is -2.22. The number of ether oxygens (including phenoxy) is 1. The minimum absolute atomic E-state index is 0.162. The summed E-state index contributed by atoms with van der Waals surface area (Å²) in [7, 11) is 0. The van der Waals surface area contributed by atoms with E-state index in [1.54, 1.807) is 18.2 Å². The minimum Gasteiger partial charge on any atom is -0.362 e. The van der Waals surface area contributed by atoms with Crippen molar-refractivity contribution in [2.75, 3.05) is 13.2 Å². The molecule has 2 aromatic rings. The molecule has 92 valence electrons. The second kappa shape index (κ2) is 4.23. The molecular weight excluding hydrogens is 234 g/mol. The van der Waals surface area contributed by atoms with Gasteiger partial charge in [0.1, 0.15) is 0 Å². The number of carbonyl (C=O) groups is 1. The zero-order chi connectivity index (χ0) is 12.5. The zero-order valence-corrected chi connectivity index (χ0v) is 9.47. The molecule has 1 saturated heterocycles. The van der Waals surface area contributed by atoms with Gasteiger partial charge in [-0.05, 0) is 17.7 Å². The van der Waals surface area contributed by atoms with Gasteiger partial charge >= 0.3 is 0 Å². The van der Waals surface area contributed by atoms with Crippen LogP contribution in [-0.2, 0) is 9.53 Å². The van der Waals surface area contributed by atoms with E-state index in [-0.39, 0.29) is 11.5 Å². The Morgan fingerprint density at radius 2 is 2.22 bits per heavy atom. The molecule has 1 unspecified atom stereocenters. The molecule has 0 aliphatic carbocycles. The highest BCUT2D eigenvalue weighted by atomic mass is 16.5. The SMILES string of the molecule is O=C1NCCOC1c1ccc2c(=O)[nH]cnc2c1. The van der Waals surface area contributed by atoms with E-state index in [2.05, 4.69) is 15.3 Å². The predicted octanol–water partition coefficient (Wildman–Crippen LogP) is 0.111. The number of nitrogens with zero attached hydrogens (tertiary/aromatic N) is 1. The van der Waals surface area contributed by atoms with Gasteiger partial charge in [0.2, 0.25) is 0 Å². The molecular formula is C12H11N3O3. The van der Waals surface area contributed by atoms with Gasteiger partial charge in [0.05, 0.1) is 23.8 Å². The van der Waals surface area contributed by atoms with E-state index in [1.807, 2.05) is 0 Å². The lowest BCUT2D eigenvalue weighted by molar-refractivity contribution is -0.138. The van der Waals surface area contributed by atoms with Crippen LogP contribution in [-0.4, -0.2) is 29.0 Å². The molecule has 1 fully saturated rings. The number of carbonyl (C=O) groups excluding carboxylic acids is 1. The smallest absolute Gasteiger partial charge is 0.258 e. The minimum atomic E-state index is -0.621. The standard InChI is InChI=1S/C12H11N3O3/c16-11-8-2-1-7(5-9(8)14-6-15-11)10-12(17)13-3-4-18-10/h1-2,5-6,10H,3-4H2,(H,13,17)(H,14,15,16). The Labute approximate surface area is 102 Å². The highest BCUT2D eigenvalue weighted by Gasteiger charge is 2.24. The second-order valence-electron chi connectivity index (χ2n) is 4.05. The summed E-state index contributed by atoms with van der Waals surface area (Å²) in [6, 6.07) is 5.08. The largest absolute Gasteiger partial charge is 0.362 e. The maximum absolute atomic E-state index is 11.7. The summed E-state index contributed by atoms with van der Waals surface area (Å²) in [5.74, 6) is -0.162. The van der Waals surface area contributed by atoms with Gasteiger partial charge in [-0.1, -0.05) is 6.07 Å². The van der Waals surface area contributed by atoms with Gasteiger partial charge in [0, 0.05) is 6.54 Å². The van der Waals surface area contributed by atoms with Crippen LogP contribution in [0.2, 0.25) is 0 Å². The molecule has 1 atom stereocenters. The van der Waals surface area contributed by atoms with Crippen LogP contribution >= 0.6 is 0 Å². The molecule has 0 saturated carbocycles. The van der Waals surface area contributed by atoms with Gasteiger partial charge in [0.25, 0.3) is 11.5 Å². The number of hydrogen-bond acceptors (Lipinski definition) is 4. The van der Waals surface area contributed by atoms with Crippen LogP contribution in [0.4, 0.5) is 0 Å². The molecule has 3 rings (SSSR count). The quantitative estimate of drug-likeness (QED) is 0.747. The van der Waals surface area contributed by atoms with E-state index < -0.39 is 6.10 Å². The van der Waals surface area contributed by atoms with Crippen LogP contribution in [0.15, 0.2) is 29.3 Å².